The molecule has 5 nitrogen and oxygen atoms in total. The molecule has 1 aliphatic rings. The Kier molecular flexibility index (Phi) is 4.63. The molecule has 0 aliphatic heterocycles. The van der Waals surface area contributed by atoms with Crippen molar-refractivity contribution in [1.29, 1.82) is 5.26 Å². The Morgan fingerprint density at radius 2 is 2.26 bits per heavy atom. The van der Waals surface area contributed by atoms with E-state index in [9.17, 15) is 10.1 Å². The fraction of sp³-hybridized carbons (Fsp3) is 0.353. The van der Waals surface area contributed by atoms with Crippen LogP contribution in [-0.4, -0.2) is 23.5 Å². The predicted octanol–water partition coefficient (Wildman–Crippen LogP) is 3.23. The molecule has 0 atom stereocenters. The van der Waals surface area contributed by atoms with Crippen LogP contribution in [0, 0.1) is 11.3 Å². The van der Waals surface area contributed by atoms with Gasteiger partial charge in [0.1, 0.15) is 6.07 Å². The maximum absolute atomic E-state index is 11.7. The fourth-order valence-corrected chi connectivity index (χ4v) is 2.60. The number of rotatable bonds is 6. The molecule has 3 rings (SSSR count). The van der Waals surface area contributed by atoms with Crippen molar-refractivity contribution in [2.24, 2.45) is 0 Å². The Balaban J connectivity index is 1.67. The van der Waals surface area contributed by atoms with Crippen molar-refractivity contribution in [3.05, 3.63) is 35.0 Å². The molecule has 1 aliphatic carbocycles. The molecule has 0 spiro atoms. The molecule has 1 heterocycles. The van der Waals surface area contributed by atoms with Crippen molar-refractivity contribution in [2.75, 3.05) is 11.9 Å². The number of nitriles is 1. The summed E-state index contributed by atoms with van der Waals surface area (Å²) in [6.07, 6.45) is 4.93. The average Bonchev–Trinajstić information content (AvgIpc) is 3.35. The van der Waals surface area contributed by atoms with E-state index in [0.29, 0.717) is 36.0 Å². The van der Waals surface area contributed by atoms with E-state index in [1.54, 1.807) is 18.3 Å². The van der Waals surface area contributed by atoms with Gasteiger partial charge in [-0.2, -0.15) is 5.26 Å². The summed E-state index contributed by atoms with van der Waals surface area (Å²) >= 11 is 6.05. The van der Waals surface area contributed by atoms with Gasteiger partial charge in [0.05, 0.1) is 16.8 Å². The third-order valence-corrected chi connectivity index (χ3v) is 4.01. The standard InChI is InChI=1S/C17H17ClN4O/c18-12-3-6-15-14(8-12)17(11(9-19)10-21-15)20-7-1-2-16(23)22-13-4-5-13/h3,6,8,10,13H,1-2,4-5,7H2,(H,20,21)(H,22,23). The van der Waals surface area contributed by atoms with Gasteiger partial charge in [-0.25, -0.2) is 0 Å². The van der Waals surface area contributed by atoms with E-state index in [0.717, 1.165) is 29.4 Å². The summed E-state index contributed by atoms with van der Waals surface area (Å²) in [5.74, 6) is 0.0948. The maximum atomic E-state index is 11.7. The zero-order chi connectivity index (χ0) is 16.2. The highest BCUT2D eigenvalue weighted by atomic mass is 35.5. The number of hydrogen-bond donors (Lipinski definition) is 2. The number of carbonyl (C=O) groups excluding carboxylic acids is 1. The zero-order valence-electron chi connectivity index (χ0n) is 12.6. The molecule has 1 amide bonds. The van der Waals surface area contributed by atoms with Gasteiger partial charge in [-0.1, -0.05) is 11.6 Å². The third kappa shape index (κ3) is 3.91. The molecule has 1 saturated carbocycles. The lowest BCUT2D eigenvalue weighted by Gasteiger charge is -2.11. The van der Waals surface area contributed by atoms with E-state index in [4.69, 9.17) is 11.6 Å². The first kappa shape index (κ1) is 15.6. The van der Waals surface area contributed by atoms with Crippen LogP contribution >= 0.6 is 11.6 Å². The molecule has 0 unspecified atom stereocenters. The minimum atomic E-state index is 0.0948. The largest absolute Gasteiger partial charge is 0.383 e. The first-order valence-electron chi connectivity index (χ1n) is 7.69. The summed E-state index contributed by atoms with van der Waals surface area (Å²) in [6.45, 7) is 0.610. The van der Waals surface area contributed by atoms with Gasteiger partial charge in [0.15, 0.2) is 0 Å². The number of pyridine rings is 1. The molecule has 2 N–H and O–H groups in total. The van der Waals surface area contributed by atoms with Crippen LogP contribution < -0.4 is 10.6 Å². The minimum absolute atomic E-state index is 0.0948. The number of fused-ring (bicyclic) bond motifs is 1. The summed E-state index contributed by atoms with van der Waals surface area (Å²) < 4.78 is 0. The number of amides is 1. The molecule has 1 fully saturated rings. The van der Waals surface area contributed by atoms with Gasteiger partial charge < -0.3 is 10.6 Å². The number of benzene rings is 1. The molecule has 23 heavy (non-hydrogen) atoms. The van der Waals surface area contributed by atoms with Crippen LogP contribution in [0.1, 0.15) is 31.2 Å². The second kappa shape index (κ2) is 6.84. The van der Waals surface area contributed by atoms with Crippen molar-refractivity contribution >= 4 is 34.1 Å². The second-order valence-corrected chi connectivity index (χ2v) is 6.13. The summed E-state index contributed by atoms with van der Waals surface area (Å²) in [6, 6.07) is 7.94. The normalized spacial score (nSPS) is 13.6. The Hall–Kier alpha value is -2.32. The Bertz CT molecular complexity index is 780. The van der Waals surface area contributed by atoms with Crippen LogP contribution in [0.15, 0.2) is 24.4 Å². The summed E-state index contributed by atoms with van der Waals surface area (Å²) in [5.41, 5.74) is 1.98. The van der Waals surface area contributed by atoms with Crippen LogP contribution in [0.4, 0.5) is 5.69 Å². The van der Waals surface area contributed by atoms with Crippen molar-refractivity contribution < 1.29 is 4.79 Å². The topological polar surface area (TPSA) is 77.8 Å². The number of aromatic nitrogens is 1. The molecular weight excluding hydrogens is 312 g/mol. The van der Waals surface area contributed by atoms with Gasteiger partial charge in [0.25, 0.3) is 0 Å². The van der Waals surface area contributed by atoms with Crippen molar-refractivity contribution in [1.82, 2.24) is 10.3 Å². The zero-order valence-corrected chi connectivity index (χ0v) is 13.4. The number of carbonyl (C=O) groups is 1. The lowest BCUT2D eigenvalue weighted by molar-refractivity contribution is -0.121. The van der Waals surface area contributed by atoms with Crippen LogP contribution in [0.3, 0.4) is 0 Å². The molecular formula is C17H17ClN4O. The number of nitrogens with one attached hydrogen (secondary N) is 2. The highest BCUT2D eigenvalue weighted by molar-refractivity contribution is 6.31. The van der Waals surface area contributed by atoms with Gasteiger partial charge in [0, 0.05) is 35.6 Å². The molecule has 0 bridgehead atoms. The van der Waals surface area contributed by atoms with Gasteiger partial charge in [-0.15, -0.1) is 0 Å². The molecule has 1 aromatic carbocycles. The number of hydrogen-bond acceptors (Lipinski definition) is 4. The van der Waals surface area contributed by atoms with Gasteiger partial charge in [-0.05, 0) is 37.5 Å². The molecule has 118 valence electrons. The highest BCUT2D eigenvalue weighted by Crippen LogP contribution is 2.28. The van der Waals surface area contributed by atoms with E-state index in [-0.39, 0.29) is 5.91 Å². The number of anilines is 1. The number of halogens is 1. The minimum Gasteiger partial charge on any atom is -0.383 e. The average molecular weight is 329 g/mol. The predicted molar refractivity (Wildman–Crippen MR) is 90.4 cm³/mol. The van der Waals surface area contributed by atoms with E-state index in [2.05, 4.69) is 21.7 Å². The fourth-order valence-electron chi connectivity index (χ4n) is 2.43. The Morgan fingerprint density at radius 3 is 3.00 bits per heavy atom. The maximum Gasteiger partial charge on any atom is 0.220 e. The second-order valence-electron chi connectivity index (χ2n) is 5.69. The molecule has 1 aromatic heterocycles. The summed E-state index contributed by atoms with van der Waals surface area (Å²) in [7, 11) is 0. The molecule has 0 radical (unpaired) electrons. The van der Waals surface area contributed by atoms with Crippen LogP contribution in [0.5, 0.6) is 0 Å². The first-order chi connectivity index (χ1) is 11.2. The smallest absolute Gasteiger partial charge is 0.220 e. The van der Waals surface area contributed by atoms with Crippen LogP contribution in [-0.2, 0) is 4.79 Å². The quantitative estimate of drug-likeness (QED) is 0.798. The van der Waals surface area contributed by atoms with Crippen LogP contribution in [0.25, 0.3) is 10.9 Å². The van der Waals surface area contributed by atoms with Crippen molar-refractivity contribution in [3.63, 3.8) is 0 Å². The Morgan fingerprint density at radius 1 is 1.43 bits per heavy atom. The molecule has 2 aromatic rings. The van der Waals surface area contributed by atoms with Gasteiger partial charge in [-0.3, -0.25) is 9.78 Å². The van der Waals surface area contributed by atoms with E-state index in [1.807, 2.05) is 6.07 Å². The number of nitrogens with zero attached hydrogens (tertiary/aromatic N) is 2. The summed E-state index contributed by atoms with van der Waals surface area (Å²) in [4.78, 5) is 15.9. The van der Waals surface area contributed by atoms with Crippen molar-refractivity contribution in [3.8, 4) is 6.07 Å². The lowest BCUT2D eigenvalue weighted by Crippen LogP contribution is -2.25. The molecule has 0 saturated heterocycles. The molecule has 6 heteroatoms. The van der Waals surface area contributed by atoms with E-state index >= 15 is 0 Å². The van der Waals surface area contributed by atoms with Gasteiger partial charge >= 0.3 is 0 Å². The monoisotopic (exact) mass is 328 g/mol. The van der Waals surface area contributed by atoms with Crippen LogP contribution in [0.2, 0.25) is 5.02 Å². The highest BCUT2D eigenvalue weighted by Gasteiger charge is 2.22. The SMILES string of the molecule is N#Cc1cnc2ccc(Cl)cc2c1NCCCC(=O)NC1CC1. The third-order valence-electron chi connectivity index (χ3n) is 3.78. The van der Waals surface area contributed by atoms with E-state index < -0.39 is 0 Å². The van der Waals surface area contributed by atoms with Crippen molar-refractivity contribution in [2.45, 2.75) is 31.7 Å². The Labute approximate surface area is 139 Å². The van der Waals surface area contributed by atoms with E-state index in [1.165, 1.54) is 0 Å². The summed E-state index contributed by atoms with van der Waals surface area (Å²) in [5, 5.41) is 16.9. The first-order valence-corrected chi connectivity index (χ1v) is 8.07. The lowest BCUT2D eigenvalue weighted by atomic mass is 10.1. The van der Waals surface area contributed by atoms with Gasteiger partial charge in [0.2, 0.25) is 5.91 Å².